The van der Waals surface area contributed by atoms with Crippen LogP contribution in [0.1, 0.15) is 39.2 Å². The van der Waals surface area contributed by atoms with Crippen molar-refractivity contribution in [3.05, 3.63) is 65.8 Å². The van der Waals surface area contributed by atoms with Gasteiger partial charge < -0.3 is 0 Å². The van der Waals surface area contributed by atoms with E-state index in [-0.39, 0.29) is 5.41 Å². The van der Waals surface area contributed by atoms with E-state index in [0.717, 1.165) is 12.8 Å². The van der Waals surface area contributed by atoms with Gasteiger partial charge in [-0.3, -0.25) is 0 Å². The molecule has 1 atom stereocenters. The molecule has 1 aromatic carbocycles. The van der Waals surface area contributed by atoms with Gasteiger partial charge in [-0.1, -0.05) is 55.0 Å². The van der Waals surface area contributed by atoms with E-state index in [9.17, 15) is 0 Å². The monoisotopic (exact) mass is 238 g/mol. The standard InChI is InChI=1S/C18H22/c1-5-18(4)12-11-16(13-17(18)14(2)3)15-9-7-6-8-10-15/h5-10,13H,1,11-12H2,2-4H3. The second-order valence-electron chi connectivity index (χ2n) is 5.57. The van der Waals surface area contributed by atoms with Crippen molar-refractivity contribution in [2.75, 3.05) is 0 Å². The van der Waals surface area contributed by atoms with Crippen LogP contribution in [0.4, 0.5) is 0 Å². The highest BCUT2D eigenvalue weighted by atomic mass is 14.3. The summed E-state index contributed by atoms with van der Waals surface area (Å²) in [5.74, 6) is 0. The Morgan fingerprint density at radius 2 is 1.89 bits per heavy atom. The van der Waals surface area contributed by atoms with Gasteiger partial charge in [0.25, 0.3) is 0 Å². The molecule has 2 rings (SSSR count). The molecule has 0 spiro atoms. The summed E-state index contributed by atoms with van der Waals surface area (Å²) in [5.41, 5.74) is 5.76. The van der Waals surface area contributed by atoms with Gasteiger partial charge in [-0.15, -0.1) is 6.58 Å². The van der Waals surface area contributed by atoms with Gasteiger partial charge in [0.05, 0.1) is 0 Å². The lowest BCUT2D eigenvalue weighted by atomic mass is 9.70. The first-order valence-corrected chi connectivity index (χ1v) is 6.64. The topological polar surface area (TPSA) is 0 Å². The van der Waals surface area contributed by atoms with Crippen molar-refractivity contribution in [2.24, 2.45) is 5.41 Å². The van der Waals surface area contributed by atoms with Gasteiger partial charge in [0, 0.05) is 5.41 Å². The Morgan fingerprint density at radius 3 is 2.44 bits per heavy atom. The Morgan fingerprint density at radius 1 is 1.22 bits per heavy atom. The van der Waals surface area contributed by atoms with E-state index in [1.807, 2.05) is 0 Å². The van der Waals surface area contributed by atoms with E-state index in [0.29, 0.717) is 0 Å². The van der Waals surface area contributed by atoms with Crippen LogP contribution in [0.3, 0.4) is 0 Å². The zero-order chi connectivity index (χ0) is 13.2. The van der Waals surface area contributed by atoms with Gasteiger partial charge in [0.1, 0.15) is 0 Å². The molecule has 0 aromatic heterocycles. The third-order valence-corrected chi connectivity index (χ3v) is 3.98. The fourth-order valence-corrected chi connectivity index (χ4v) is 2.75. The Labute approximate surface area is 111 Å². The molecular formula is C18H22. The molecule has 0 saturated carbocycles. The summed E-state index contributed by atoms with van der Waals surface area (Å²) < 4.78 is 0. The first-order chi connectivity index (χ1) is 8.57. The van der Waals surface area contributed by atoms with Gasteiger partial charge in [-0.05, 0) is 43.4 Å². The largest absolute Gasteiger partial charge is 0.102 e. The zero-order valence-electron chi connectivity index (χ0n) is 11.7. The van der Waals surface area contributed by atoms with E-state index >= 15 is 0 Å². The quantitative estimate of drug-likeness (QED) is 0.606. The molecule has 0 aliphatic heterocycles. The minimum absolute atomic E-state index is 0.136. The lowest BCUT2D eigenvalue weighted by molar-refractivity contribution is 0.473. The molecule has 0 heterocycles. The molecule has 0 heteroatoms. The second kappa shape index (κ2) is 4.97. The van der Waals surface area contributed by atoms with Crippen molar-refractivity contribution in [3.63, 3.8) is 0 Å². The molecule has 0 bridgehead atoms. The van der Waals surface area contributed by atoms with E-state index in [4.69, 9.17) is 0 Å². The fourth-order valence-electron chi connectivity index (χ4n) is 2.75. The summed E-state index contributed by atoms with van der Waals surface area (Å²) in [5, 5.41) is 0. The average molecular weight is 238 g/mol. The summed E-state index contributed by atoms with van der Waals surface area (Å²) in [6, 6.07) is 10.7. The molecule has 0 nitrogen and oxygen atoms in total. The Bertz CT molecular complexity index is 498. The molecule has 1 aliphatic rings. The maximum Gasteiger partial charge on any atom is 0.0104 e. The molecule has 0 amide bonds. The SMILES string of the molecule is C=CC1(C)CCC(c2ccccc2)=CC1=C(C)C. The molecule has 1 unspecified atom stereocenters. The number of hydrogen-bond acceptors (Lipinski definition) is 0. The van der Waals surface area contributed by atoms with Gasteiger partial charge in [0.2, 0.25) is 0 Å². The third-order valence-electron chi connectivity index (χ3n) is 3.98. The van der Waals surface area contributed by atoms with E-state index < -0.39 is 0 Å². The number of allylic oxidation sites excluding steroid dienone is 5. The van der Waals surface area contributed by atoms with Gasteiger partial charge in [-0.25, -0.2) is 0 Å². The third kappa shape index (κ3) is 2.33. The van der Waals surface area contributed by atoms with Crippen LogP contribution in [0.25, 0.3) is 5.57 Å². The van der Waals surface area contributed by atoms with Crippen molar-refractivity contribution >= 4 is 5.57 Å². The minimum atomic E-state index is 0.136. The predicted octanol–water partition coefficient (Wildman–Crippen LogP) is 5.39. The smallest absolute Gasteiger partial charge is 0.0104 e. The molecule has 18 heavy (non-hydrogen) atoms. The maximum absolute atomic E-state index is 4.02. The van der Waals surface area contributed by atoms with Crippen LogP contribution in [-0.2, 0) is 0 Å². The summed E-state index contributed by atoms with van der Waals surface area (Å²) in [7, 11) is 0. The molecule has 94 valence electrons. The van der Waals surface area contributed by atoms with Crippen molar-refractivity contribution in [2.45, 2.75) is 33.6 Å². The Kier molecular flexibility index (Phi) is 3.56. The van der Waals surface area contributed by atoms with Gasteiger partial charge in [-0.2, -0.15) is 0 Å². The zero-order valence-corrected chi connectivity index (χ0v) is 11.7. The van der Waals surface area contributed by atoms with Crippen LogP contribution in [0, 0.1) is 5.41 Å². The first-order valence-electron chi connectivity index (χ1n) is 6.64. The summed E-state index contributed by atoms with van der Waals surface area (Å²) in [6.07, 6.45) is 6.75. The van der Waals surface area contributed by atoms with Crippen molar-refractivity contribution in [3.8, 4) is 0 Å². The van der Waals surface area contributed by atoms with Crippen LogP contribution in [0.2, 0.25) is 0 Å². The Balaban J connectivity index is 2.47. The van der Waals surface area contributed by atoms with Crippen molar-refractivity contribution < 1.29 is 0 Å². The van der Waals surface area contributed by atoms with Crippen LogP contribution >= 0.6 is 0 Å². The lowest BCUT2D eigenvalue weighted by Gasteiger charge is -2.34. The fraction of sp³-hybridized carbons (Fsp3) is 0.333. The molecule has 0 N–H and O–H groups in total. The highest BCUT2D eigenvalue weighted by Crippen LogP contribution is 2.44. The molecule has 0 fully saturated rings. The Hall–Kier alpha value is -1.56. The van der Waals surface area contributed by atoms with Crippen LogP contribution in [0.5, 0.6) is 0 Å². The maximum atomic E-state index is 4.02. The van der Waals surface area contributed by atoms with Crippen molar-refractivity contribution in [1.82, 2.24) is 0 Å². The summed E-state index contributed by atoms with van der Waals surface area (Å²) in [4.78, 5) is 0. The molecule has 0 radical (unpaired) electrons. The number of rotatable bonds is 2. The number of hydrogen-bond donors (Lipinski definition) is 0. The first kappa shape index (κ1) is 12.9. The van der Waals surface area contributed by atoms with Crippen LogP contribution < -0.4 is 0 Å². The van der Waals surface area contributed by atoms with Crippen LogP contribution in [-0.4, -0.2) is 0 Å². The molecule has 1 aliphatic carbocycles. The van der Waals surface area contributed by atoms with E-state index in [2.05, 4.69) is 69.8 Å². The molecular weight excluding hydrogens is 216 g/mol. The van der Waals surface area contributed by atoms with Gasteiger partial charge in [0.15, 0.2) is 0 Å². The molecule has 0 saturated heterocycles. The minimum Gasteiger partial charge on any atom is -0.102 e. The van der Waals surface area contributed by atoms with Crippen molar-refractivity contribution in [1.29, 1.82) is 0 Å². The molecule has 1 aromatic rings. The summed E-state index contributed by atoms with van der Waals surface area (Å²) in [6.45, 7) is 10.7. The van der Waals surface area contributed by atoms with E-state index in [1.54, 1.807) is 0 Å². The number of benzene rings is 1. The average Bonchev–Trinajstić information content (AvgIpc) is 2.40. The normalized spacial score (nSPS) is 23.5. The van der Waals surface area contributed by atoms with E-state index in [1.165, 1.54) is 22.3 Å². The van der Waals surface area contributed by atoms with Crippen LogP contribution in [0.15, 0.2) is 60.2 Å². The lowest BCUT2D eigenvalue weighted by Crippen LogP contribution is -2.20. The van der Waals surface area contributed by atoms with Gasteiger partial charge >= 0.3 is 0 Å². The highest BCUT2D eigenvalue weighted by molar-refractivity contribution is 5.71. The second-order valence-corrected chi connectivity index (χ2v) is 5.57. The summed E-state index contributed by atoms with van der Waals surface area (Å²) >= 11 is 0. The predicted molar refractivity (Wildman–Crippen MR) is 80.3 cm³/mol. The highest BCUT2D eigenvalue weighted by Gasteiger charge is 2.29.